The van der Waals surface area contributed by atoms with Gasteiger partial charge in [-0.25, -0.2) is 8.42 Å². The van der Waals surface area contributed by atoms with Crippen molar-refractivity contribution in [3.63, 3.8) is 0 Å². The summed E-state index contributed by atoms with van der Waals surface area (Å²) in [6.45, 7) is 10.0. The summed E-state index contributed by atoms with van der Waals surface area (Å²) in [7, 11) is -3.07. The van der Waals surface area contributed by atoms with Crippen molar-refractivity contribution < 1.29 is 8.42 Å². The lowest BCUT2D eigenvalue weighted by atomic mass is 10.1. The van der Waals surface area contributed by atoms with E-state index < -0.39 is 14.6 Å². The van der Waals surface area contributed by atoms with Crippen molar-refractivity contribution >= 4 is 9.84 Å². The Bertz CT molecular complexity index is 518. The van der Waals surface area contributed by atoms with E-state index in [1.54, 1.807) is 13.8 Å². The molecule has 5 nitrogen and oxygen atoms in total. The molecule has 0 radical (unpaired) electrons. The van der Waals surface area contributed by atoms with Gasteiger partial charge >= 0.3 is 0 Å². The Morgan fingerprint density at radius 3 is 2.37 bits per heavy atom. The van der Waals surface area contributed by atoms with E-state index in [1.165, 1.54) is 6.26 Å². The van der Waals surface area contributed by atoms with Crippen LogP contribution >= 0.6 is 0 Å². The van der Waals surface area contributed by atoms with Gasteiger partial charge in [0.1, 0.15) is 0 Å². The van der Waals surface area contributed by atoms with Gasteiger partial charge < -0.3 is 5.32 Å². The summed E-state index contributed by atoms with van der Waals surface area (Å²) in [4.78, 5) is 0. The minimum Gasteiger partial charge on any atom is -0.309 e. The normalized spacial score (nSPS) is 14.9. The standard InChI is InChI=1S/C13H25N3O2S/c1-10(2)16-8-12(7-15-16)11(3)14-9-13(4,5)19(6,17)18/h7-8,10-11,14H,9H2,1-6H3/t11-/m0/s1. The van der Waals surface area contributed by atoms with E-state index in [4.69, 9.17) is 0 Å². The second-order valence-corrected chi connectivity index (χ2v) is 8.63. The lowest BCUT2D eigenvalue weighted by molar-refractivity contribution is 0.487. The highest BCUT2D eigenvalue weighted by Crippen LogP contribution is 2.18. The molecule has 1 aromatic rings. The molecule has 0 fully saturated rings. The first-order valence-electron chi connectivity index (χ1n) is 6.51. The first kappa shape index (κ1) is 16.2. The Labute approximate surface area is 116 Å². The van der Waals surface area contributed by atoms with Crippen molar-refractivity contribution in [2.75, 3.05) is 12.8 Å². The SMILES string of the molecule is CC(C)n1cc([C@H](C)NCC(C)(C)S(C)(=O)=O)cn1. The molecule has 0 aromatic carbocycles. The molecule has 0 saturated heterocycles. The summed E-state index contributed by atoms with van der Waals surface area (Å²) in [6, 6.07) is 0.405. The molecule has 0 saturated carbocycles. The minimum atomic E-state index is -3.07. The van der Waals surface area contributed by atoms with Crippen LogP contribution in [0.15, 0.2) is 12.4 Å². The summed E-state index contributed by atoms with van der Waals surface area (Å²) in [5.41, 5.74) is 1.07. The monoisotopic (exact) mass is 287 g/mol. The van der Waals surface area contributed by atoms with Crippen LogP contribution in [0, 0.1) is 0 Å². The third-order valence-corrected chi connectivity index (χ3v) is 5.64. The highest BCUT2D eigenvalue weighted by Gasteiger charge is 2.30. The quantitative estimate of drug-likeness (QED) is 0.868. The maximum Gasteiger partial charge on any atom is 0.153 e. The third-order valence-electron chi connectivity index (χ3n) is 3.49. The molecule has 0 amide bonds. The van der Waals surface area contributed by atoms with E-state index in [2.05, 4.69) is 24.3 Å². The van der Waals surface area contributed by atoms with Gasteiger partial charge in [0.25, 0.3) is 0 Å². The van der Waals surface area contributed by atoms with Crippen molar-refractivity contribution in [2.24, 2.45) is 0 Å². The fourth-order valence-electron chi connectivity index (χ4n) is 1.51. The van der Waals surface area contributed by atoms with E-state index in [-0.39, 0.29) is 6.04 Å². The number of nitrogens with zero attached hydrogens (tertiary/aromatic N) is 2. The lowest BCUT2D eigenvalue weighted by Crippen LogP contribution is -2.42. The van der Waals surface area contributed by atoms with Crippen molar-refractivity contribution in [2.45, 2.75) is 51.4 Å². The van der Waals surface area contributed by atoms with E-state index in [0.29, 0.717) is 12.6 Å². The summed E-state index contributed by atoms with van der Waals surface area (Å²) in [5.74, 6) is 0. The van der Waals surface area contributed by atoms with E-state index in [1.807, 2.05) is 24.0 Å². The first-order valence-corrected chi connectivity index (χ1v) is 8.41. The highest BCUT2D eigenvalue weighted by atomic mass is 32.2. The number of aromatic nitrogens is 2. The van der Waals surface area contributed by atoms with Gasteiger partial charge in [-0.05, 0) is 34.6 Å². The van der Waals surface area contributed by atoms with Gasteiger partial charge in [-0.2, -0.15) is 5.10 Å². The molecule has 0 aliphatic heterocycles. The van der Waals surface area contributed by atoms with Crippen molar-refractivity contribution in [3.05, 3.63) is 18.0 Å². The van der Waals surface area contributed by atoms with Gasteiger partial charge in [0.15, 0.2) is 9.84 Å². The highest BCUT2D eigenvalue weighted by molar-refractivity contribution is 7.92. The topological polar surface area (TPSA) is 64.0 Å². The number of sulfone groups is 1. The van der Waals surface area contributed by atoms with Crippen LogP contribution in [0.4, 0.5) is 0 Å². The molecule has 1 rings (SSSR count). The summed E-state index contributed by atoms with van der Waals surface area (Å²) < 4.78 is 24.4. The van der Waals surface area contributed by atoms with Gasteiger partial charge in [0, 0.05) is 36.6 Å². The van der Waals surface area contributed by atoms with E-state index in [0.717, 1.165) is 5.56 Å². The zero-order chi connectivity index (χ0) is 14.8. The minimum absolute atomic E-state index is 0.0773. The average molecular weight is 287 g/mol. The van der Waals surface area contributed by atoms with Crippen LogP contribution in [0.25, 0.3) is 0 Å². The average Bonchev–Trinajstić information content (AvgIpc) is 2.73. The molecule has 0 bridgehead atoms. The van der Waals surface area contributed by atoms with E-state index >= 15 is 0 Å². The molecule has 1 heterocycles. The van der Waals surface area contributed by atoms with Gasteiger partial charge in [0.05, 0.1) is 10.9 Å². The first-order chi connectivity index (χ1) is 8.54. The van der Waals surface area contributed by atoms with E-state index in [9.17, 15) is 8.42 Å². The molecule has 110 valence electrons. The Hall–Kier alpha value is -0.880. The molecule has 19 heavy (non-hydrogen) atoms. The summed E-state index contributed by atoms with van der Waals surface area (Å²) in [6.07, 6.45) is 5.09. The molecule has 0 unspecified atom stereocenters. The molecule has 6 heteroatoms. The predicted octanol–water partition coefficient (Wildman–Crippen LogP) is 1.94. The molecule has 0 aliphatic carbocycles. The van der Waals surface area contributed by atoms with Crippen LogP contribution in [-0.4, -0.2) is 35.7 Å². The van der Waals surface area contributed by atoms with Crippen molar-refractivity contribution in [1.82, 2.24) is 15.1 Å². The smallest absolute Gasteiger partial charge is 0.153 e. The van der Waals surface area contributed by atoms with Gasteiger partial charge in [-0.3, -0.25) is 4.68 Å². The summed E-state index contributed by atoms with van der Waals surface area (Å²) in [5, 5.41) is 7.55. The van der Waals surface area contributed by atoms with Crippen molar-refractivity contribution in [3.8, 4) is 0 Å². The maximum absolute atomic E-state index is 11.6. The molecule has 0 aliphatic rings. The van der Waals surface area contributed by atoms with Gasteiger partial charge in [0.2, 0.25) is 0 Å². The third kappa shape index (κ3) is 4.04. The molecular weight excluding hydrogens is 262 g/mol. The lowest BCUT2D eigenvalue weighted by Gasteiger charge is -2.25. The Morgan fingerprint density at radius 1 is 1.37 bits per heavy atom. The second-order valence-electron chi connectivity index (χ2n) is 5.98. The van der Waals surface area contributed by atoms with Gasteiger partial charge in [-0.1, -0.05) is 0 Å². The molecule has 0 spiro atoms. The number of nitrogens with one attached hydrogen (secondary N) is 1. The maximum atomic E-state index is 11.6. The fourth-order valence-corrected chi connectivity index (χ4v) is 1.85. The largest absolute Gasteiger partial charge is 0.309 e. The van der Waals surface area contributed by atoms with Crippen LogP contribution in [0.1, 0.15) is 52.3 Å². The molecule has 1 N–H and O–H groups in total. The number of hydrogen-bond acceptors (Lipinski definition) is 4. The van der Waals surface area contributed by atoms with Crippen LogP contribution in [-0.2, 0) is 9.84 Å². The van der Waals surface area contributed by atoms with Gasteiger partial charge in [-0.15, -0.1) is 0 Å². The van der Waals surface area contributed by atoms with Crippen LogP contribution in [0.5, 0.6) is 0 Å². The predicted molar refractivity (Wildman–Crippen MR) is 78.0 cm³/mol. The second kappa shape index (κ2) is 5.63. The van der Waals surface area contributed by atoms with Crippen molar-refractivity contribution in [1.29, 1.82) is 0 Å². The zero-order valence-corrected chi connectivity index (χ0v) is 13.5. The molecule has 1 aromatic heterocycles. The number of rotatable bonds is 6. The Morgan fingerprint density at radius 2 is 1.95 bits per heavy atom. The van der Waals surface area contributed by atoms with Crippen LogP contribution < -0.4 is 5.32 Å². The Balaban J connectivity index is 2.68. The molecule has 1 atom stereocenters. The van der Waals surface area contributed by atoms with Crippen LogP contribution in [0.2, 0.25) is 0 Å². The zero-order valence-electron chi connectivity index (χ0n) is 12.6. The number of hydrogen-bond donors (Lipinski definition) is 1. The summed E-state index contributed by atoms with van der Waals surface area (Å²) >= 11 is 0. The fraction of sp³-hybridized carbons (Fsp3) is 0.769. The van der Waals surface area contributed by atoms with Crippen LogP contribution in [0.3, 0.4) is 0 Å². The molecular formula is C13H25N3O2S. The Kier molecular flexibility index (Phi) is 4.79.